The van der Waals surface area contributed by atoms with E-state index in [1.165, 1.54) is 0 Å². The van der Waals surface area contributed by atoms with Gasteiger partial charge in [-0.1, -0.05) is 30.3 Å². The second-order valence-corrected chi connectivity index (χ2v) is 16.7. The Hall–Kier alpha value is -4.44. The SMILES string of the molecule is Cc1cc(C[C@@H](OC(=O)N2CCC(N3CCc4ccccc4NC3=O)CC2)C(=O)N2CCN(C3CCN(CC(=O)OCCN4CCCC4O)CC3)CC2)cc(C)c1O. The predicted octanol–water partition coefficient (Wildman–Crippen LogP) is 3.18. The number of amides is 4. The van der Waals surface area contributed by atoms with Gasteiger partial charge >= 0.3 is 18.1 Å². The third-order valence-electron chi connectivity index (χ3n) is 12.8. The van der Waals surface area contributed by atoms with Crippen LogP contribution in [-0.2, 0) is 31.9 Å². The van der Waals surface area contributed by atoms with E-state index in [0.717, 1.165) is 68.6 Å². The van der Waals surface area contributed by atoms with Crippen LogP contribution in [0.5, 0.6) is 5.75 Å². The topological polar surface area (TPSA) is 159 Å². The summed E-state index contributed by atoms with van der Waals surface area (Å²) < 4.78 is 11.6. The van der Waals surface area contributed by atoms with Gasteiger partial charge in [0, 0.05) is 96.2 Å². The molecule has 4 fully saturated rings. The van der Waals surface area contributed by atoms with Crippen molar-refractivity contribution in [2.24, 2.45) is 0 Å². The van der Waals surface area contributed by atoms with Crippen molar-refractivity contribution in [3.63, 3.8) is 0 Å². The zero-order valence-electron chi connectivity index (χ0n) is 34.1. The molecule has 1 unspecified atom stereocenters. The number of phenols is 1. The van der Waals surface area contributed by atoms with Crippen LogP contribution in [0.1, 0.15) is 60.8 Å². The molecule has 0 radical (unpaired) electrons. The van der Waals surface area contributed by atoms with Crippen LogP contribution in [-0.4, -0.2) is 173 Å². The number of urea groups is 1. The number of anilines is 1. The molecule has 0 aromatic heterocycles. The van der Waals surface area contributed by atoms with Gasteiger partial charge in [0.05, 0.1) is 6.54 Å². The van der Waals surface area contributed by atoms with E-state index in [2.05, 4.69) is 15.1 Å². The minimum absolute atomic E-state index is 0.00939. The van der Waals surface area contributed by atoms with Gasteiger partial charge in [0.25, 0.3) is 5.91 Å². The summed E-state index contributed by atoms with van der Waals surface area (Å²) in [6, 6.07) is 11.8. The number of ether oxygens (including phenoxy) is 2. The highest BCUT2D eigenvalue weighted by Gasteiger charge is 2.37. The van der Waals surface area contributed by atoms with Crippen molar-refractivity contribution in [2.75, 3.05) is 90.5 Å². The van der Waals surface area contributed by atoms with Crippen LogP contribution in [0, 0.1) is 13.8 Å². The summed E-state index contributed by atoms with van der Waals surface area (Å²) in [4.78, 5) is 65.5. The molecule has 7 rings (SSSR count). The first-order valence-corrected chi connectivity index (χ1v) is 21.3. The van der Waals surface area contributed by atoms with E-state index in [1.807, 2.05) is 64.9 Å². The number of para-hydroxylation sites is 1. The molecule has 0 aliphatic carbocycles. The highest BCUT2D eigenvalue weighted by molar-refractivity contribution is 5.91. The number of aliphatic hydroxyl groups excluding tert-OH is 1. The average molecular weight is 804 g/mol. The Morgan fingerprint density at radius 3 is 2.22 bits per heavy atom. The summed E-state index contributed by atoms with van der Waals surface area (Å²) in [6.45, 7) is 11.1. The second-order valence-electron chi connectivity index (χ2n) is 16.7. The molecule has 58 heavy (non-hydrogen) atoms. The summed E-state index contributed by atoms with van der Waals surface area (Å²) in [5.74, 6) is -0.241. The molecule has 2 atom stereocenters. The van der Waals surface area contributed by atoms with Crippen LogP contribution in [0.4, 0.5) is 15.3 Å². The lowest BCUT2D eigenvalue weighted by Crippen LogP contribution is -2.57. The number of nitrogens with one attached hydrogen (secondary N) is 1. The Bertz CT molecular complexity index is 1750. The maximum Gasteiger partial charge on any atom is 0.410 e. The maximum atomic E-state index is 14.2. The number of phenolic OH excluding ortho intramolecular Hbond substituents is 1. The van der Waals surface area contributed by atoms with Crippen LogP contribution in [0.3, 0.4) is 0 Å². The number of esters is 1. The molecule has 0 saturated carbocycles. The fourth-order valence-electron chi connectivity index (χ4n) is 9.38. The highest BCUT2D eigenvalue weighted by atomic mass is 16.6. The van der Waals surface area contributed by atoms with Gasteiger partial charge in [-0.15, -0.1) is 0 Å². The second kappa shape index (κ2) is 19.1. The number of aromatic hydroxyl groups is 1. The Morgan fingerprint density at radius 1 is 0.845 bits per heavy atom. The van der Waals surface area contributed by atoms with E-state index >= 15 is 0 Å². The molecular formula is C43H61N7O8. The highest BCUT2D eigenvalue weighted by Crippen LogP contribution is 2.27. The number of benzene rings is 2. The van der Waals surface area contributed by atoms with Gasteiger partial charge in [0.15, 0.2) is 6.10 Å². The molecule has 0 spiro atoms. The molecule has 15 heteroatoms. The number of carbonyl (C=O) groups excluding carboxylic acids is 4. The van der Waals surface area contributed by atoms with Gasteiger partial charge in [0.1, 0.15) is 18.6 Å². The number of hydrogen-bond acceptors (Lipinski definition) is 11. The summed E-state index contributed by atoms with van der Waals surface area (Å²) in [5.41, 5.74) is 4.16. The Morgan fingerprint density at radius 2 is 1.53 bits per heavy atom. The van der Waals surface area contributed by atoms with Gasteiger partial charge < -0.3 is 39.7 Å². The van der Waals surface area contributed by atoms with E-state index in [9.17, 15) is 29.4 Å². The molecule has 5 heterocycles. The third-order valence-corrected chi connectivity index (χ3v) is 12.8. The molecular weight excluding hydrogens is 743 g/mol. The third kappa shape index (κ3) is 10.2. The van der Waals surface area contributed by atoms with Crippen LogP contribution in [0.15, 0.2) is 36.4 Å². The number of nitrogens with zero attached hydrogens (tertiary/aromatic N) is 6. The van der Waals surface area contributed by atoms with Crippen molar-refractivity contribution < 1.29 is 38.9 Å². The molecule has 5 aliphatic heterocycles. The molecule has 0 bridgehead atoms. The molecule has 5 aliphatic rings. The summed E-state index contributed by atoms with van der Waals surface area (Å²) in [7, 11) is 0. The minimum atomic E-state index is -1.03. The number of hydrogen-bond donors (Lipinski definition) is 3. The van der Waals surface area contributed by atoms with E-state index < -0.39 is 18.4 Å². The summed E-state index contributed by atoms with van der Waals surface area (Å²) >= 11 is 0. The minimum Gasteiger partial charge on any atom is -0.507 e. The number of carbonyl (C=O) groups is 4. The molecule has 4 saturated heterocycles. The standard InChI is InChI=1S/C43H61N7O8/c1-30-26-32(27-31(2)40(30)53)28-37(58-43(56)49-17-12-35(13-18-49)50-19-9-33-6-3-4-7-36(33)44-42(50)55)41(54)48-22-20-46(21-23-48)34-10-15-45(16-11-34)29-39(52)57-25-24-47-14-5-8-38(47)51/h3-4,6-7,26-27,34-35,37-38,51,53H,5,8-25,28-29H2,1-2H3,(H,44,55)/t37-,38?/m1/s1. The van der Waals surface area contributed by atoms with Crippen molar-refractivity contribution in [2.45, 2.75) is 89.6 Å². The Kier molecular flexibility index (Phi) is 13.7. The van der Waals surface area contributed by atoms with Crippen molar-refractivity contribution in [3.8, 4) is 5.75 Å². The summed E-state index contributed by atoms with van der Waals surface area (Å²) in [5, 5.41) is 23.4. The lowest BCUT2D eigenvalue weighted by Gasteiger charge is -2.43. The number of fused-ring (bicyclic) bond motifs is 1. The van der Waals surface area contributed by atoms with Gasteiger partial charge in [-0.25, -0.2) is 9.59 Å². The fraction of sp³-hybridized carbons (Fsp3) is 0.628. The van der Waals surface area contributed by atoms with Gasteiger partial charge in [-0.3, -0.25) is 24.3 Å². The Balaban J connectivity index is 0.894. The number of aliphatic hydroxyl groups is 1. The maximum absolute atomic E-state index is 14.2. The summed E-state index contributed by atoms with van der Waals surface area (Å²) in [6.07, 6.45) is 3.77. The predicted molar refractivity (Wildman–Crippen MR) is 217 cm³/mol. The van der Waals surface area contributed by atoms with Crippen molar-refractivity contribution in [1.29, 1.82) is 0 Å². The fourth-order valence-corrected chi connectivity index (χ4v) is 9.38. The number of likely N-dealkylation sites (tertiary alicyclic amines) is 3. The largest absolute Gasteiger partial charge is 0.507 e. The molecule has 4 amide bonds. The number of rotatable bonds is 11. The molecule has 316 valence electrons. The quantitative estimate of drug-likeness (QED) is 0.287. The van der Waals surface area contributed by atoms with E-state index in [4.69, 9.17) is 9.47 Å². The Labute approximate surface area is 341 Å². The normalized spacial score (nSPS) is 22.3. The molecule has 2 aromatic rings. The first kappa shape index (κ1) is 41.7. The zero-order valence-corrected chi connectivity index (χ0v) is 34.1. The van der Waals surface area contributed by atoms with Crippen molar-refractivity contribution >= 4 is 29.7 Å². The first-order chi connectivity index (χ1) is 28.0. The van der Waals surface area contributed by atoms with Gasteiger partial charge in [0.2, 0.25) is 0 Å². The number of piperidine rings is 2. The lowest BCUT2D eigenvalue weighted by molar-refractivity contribution is -0.146. The lowest BCUT2D eigenvalue weighted by atomic mass is 10.00. The number of piperazine rings is 1. The van der Waals surface area contributed by atoms with Gasteiger partial charge in [-0.2, -0.15) is 0 Å². The van der Waals surface area contributed by atoms with Crippen LogP contribution in [0.2, 0.25) is 0 Å². The van der Waals surface area contributed by atoms with Crippen molar-refractivity contribution in [1.82, 2.24) is 29.4 Å². The smallest absolute Gasteiger partial charge is 0.410 e. The first-order valence-electron chi connectivity index (χ1n) is 21.3. The van der Waals surface area contributed by atoms with E-state index in [0.29, 0.717) is 89.0 Å². The monoisotopic (exact) mass is 803 g/mol. The van der Waals surface area contributed by atoms with Crippen LogP contribution >= 0.6 is 0 Å². The van der Waals surface area contributed by atoms with Crippen LogP contribution < -0.4 is 5.32 Å². The van der Waals surface area contributed by atoms with E-state index in [-0.39, 0.29) is 42.7 Å². The van der Waals surface area contributed by atoms with Gasteiger partial charge in [-0.05, 0) is 87.1 Å². The molecule has 2 aromatic carbocycles. The van der Waals surface area contributed by atoms with Crippen molar-refractivity contribution in [3.05, 3.63) is 58.7 Å². The molecule has 3 N–H and O–H groups in total. The average Bonchev–Trinajstić information content (AvgIpc) is 3.55. The van der Waals surface area contributed by atoms with Crippen LogP contribution in [0.25, 0.3) is 0 Å². The number of aryl methyl sites for hydroxylation is 2. The van der Waals surface area contributed by atoms with E-state index in [1.54, 1.807) is 4.90 Å². The molecule has 15 nitrogen and oxygen atoms in total. The zero-order chi connectivity index (χ0) is 40.8.